The molecule has 1 aliphatic rings. The van der Waals surface area contributed by atoms with Crippen molar-refractivity contribution in [3.8, 4) is 11.5 Å². The lowest BCUT2D eigenvalue weighted by Crippen LogP contribution is -2.44. The SMILES string of the molecule is Cc1ccc(S(=O)(=O)NCC(=O)NC[C@@H]2COc3ccccc3O2)cc1C. The van der Waals surface area contributed by atoms with E-state index in [2.05, 4.69) is 10.0 Å². The number of aryl methyl sites for hydroxylation is 2. The number of ether oxygens (including phenoxy) is 2. The third-order valence-electron chi connectivity index (χ3n) is 4.31. The fraction of sp³-hybridized carbons (Fsp3) is 0.316. The molecule has 1 aliphatic heterocycles. The fourth-order valence-corrected chi connectivity index (χ4v) is 3.65. The number of benzene rings is 2. The maximum absolute atomic E-state index is 12.3. The van der Waals surface area contributed by atoms with Crippen LogP contribution in [0.4, 0.5) is 0 Å². The van der Waals surface area contributed by atoms with E-state index in [1.165, 1.54) is 6.07 Å². The zero-order valence-electron chi connectivity index (χ0n) is 15.2. The summed E-state index contributed by atoms with van der Waals surface area (Å²) in [7, 11) is -3.74. The maximum Gasteiger partial charge on any atom is 0.241 e. The molecule has 8 heteroatoms. The summed E-state index contributed by atoms with van der Waals surface area (Å²) in [4.78, 5) is 12.1. The number of hydrogen-bond acceptors (Lipinski definition) is 5. The number of amides is 1. The number of carbonyl (C=O) groups excluding carboxylic acids is 1. The number of sulfonamides is 1. The maximum atomic E-state index is 12.3. The van der Waals surface area contributed by atoms with Gasteiger partial charge in [0.15, 0.2) is 11.5 Å². The van der Waals surface area contributed by atoms with Gasteiger partial charge in [0, 0.05) is 0 Å². The summed E-state index contributed by atoms with van der Waals surface area (Å²) in [5.74, 6) is 0.851. The molecule has 0 fully saturated rings. The van der Waals surface area contributed by atoms with Gasteiger partial charge in [-0.05, 0) is 49.2 Å². The monoisotopic (exact) mass is 390 g/mol. The topological polar surface area (TPSA) is 93.7 Å². The van der Waals surface area contributed by atoms with Gasteiger partial charge in [-0.3, -0.25) is 4.79 Å². The third kappa shape index (κ3) is 4.78. The Morgan fingerprint density at radius 2 is 1.85 bits per heavy atom. The Hall–Kier alpha value is -2.58. The van der Waals surface area contributed by atoms with Crippen LogP contribution in [0.5, 0.6) is 11.5 Å². The minimum atomic E-state index is -3.74. The van der Waals surface area contributed by atoms with E-state index < -0.39 is 15.9 Å². The smallest absolute Gasteiger partial charge is 0.241 e. The highest BCUT2D eigenvalue weighted by Crippen LogP contribution is 2.30. The first-order valence-corrected chi connectivity index (χ1v) is 10.1. The number of para-hydroxylation sites is 2. The molecule has 3 rings (SSSR count). The van der Waals surface area contributed by atoms with Crippen LogP contribution >= 0.6 is 0 Å². The molecule has 2 aromatic carbocycles. The second-order valence-corrected chi connectivity index (χ2v) is 8.14. The van der Waals surface area contributed by atoms with Gasteiger partial charge < -0.3 is 14.8 Å². The summed E-state index contributed by atoms with van der Waals surface area (Å²) in [6.45, 7) is 3.93. The molecule has 1 heterocycles. The van der Waals surface area contributed by atoms with Crippen molar-refractivity contribution in [1.82, 2.24) is 10.0 Å². The lowest BCUT2D eigenvalue weighted by Gasteiger charge is -2.26. The van der Waals surface area contributed by atoms with Crippen LogP contribution < -0.4 is 19.5 Å². The third-order valence-corrected chi connectivity index (χ3v) is 5.70. The zero-order valence-corrected chi connectivity index (χ0v) is 16.0. The van der Waals surface area contributed by atoms with Gasteiger partial charge in [0.05, 0.1) is 18.0 Å². The summed E-state index contributed by atoms with van der Waals surface area (Å²) in [6, 6.07) is 12.1. The highest BCUT2D eigenvalue weighted by Gasteiger charge is 2.21. The molecule has 144 valence electrons. The minimum absolute atomic E-state index is 0.138. The summed E-state index contributed by atoms with van der Waals surface area (Å²) < 4.78 is 38.2. The highest BCUT2D eigenvalue weighted by atomic mass is 32.2. The molecule has 2 N–H and O–H groups in total. The molecular weight excluding hydrogens is 368 g/mol. The van der Waals surface area contributed by atoms with E-state index in [0.29, 0.717) is 18.1 Å². The molecule has 0 saturated carbocycles. The summed E-state index contributed by atoms with van der Waals surface area (Å²) in [5.41, 5.74) is 1.88. The van der Waals surface area contributed by atoms with Crippen molar-refractivity contribution in [3.63, 3.8) is 0 Å². The molecule has 0 saturated heterocycles. The largest absolute Gasteiger partial charge is 0.486 e. The Labute approximate surface area is 158 Å². The van der Waals surface area contributed by atoms with Gasteiger partial charge in [-0.1, -0.05) is 18.2 Å². The Morgan fingerprint density at radius 1 is 1.11 bits per heavy atom. The van der Waals surface area contributed by atoms with Crippen molar-refractivity contribution in [2.45, 2.75) is 24.8 Å². The average molecular weight is 390 g/mol. The molecule has 1 amide bonds. The first kappa shape index (κ1) is 19.2. The summed E-state index contributed by atoms with van der Waals surface area (Å²) in [5, 5.41) is 2.66. The van der Waals surface area contributed by atoms with Crippen LogP contribution in [-0.2, 0) is 14.8 Å². The van der Waals surface area contributed by atoms with E-state index >= 15 is 0 Å². The van der Waals surface area contributed by atoms with Gasteiger partial charge in [0.25, 0.3) is 0 Å². The van der Waals surface area contributed by atoms with E-state index in [1.54, 1.807) is 18.2 Å². The molecule has 0 bridgehead atoms. The number of carbonyl (C=O) groups is 1. The van der Waals surface area contributed by atoms with Crippen molar-refractivity contribution in [1.29, 1.82) is 0 Å². The second kappa shape index (κ2) is 7.98. The molecule has 0 radical (unpaired) electrons. The predicted octanol–water partition coefficient (Wildman–Crippen LogP) is 1.54. The van der Waals surface area contributed by atoms with Crippen molar-refractivity contribution >= 4 is 15.9 Å². The fourth-order valence-electron chi connectivity index (χ4n) is 2.58. The van der Waals surface area contributed by atoms with Crippen LogP contribution in [0.1, 0.15) is 11.1 Å². The molecule has 7 nitrogen and oxygen atoms in total. The Kier molecular flexibility index (Phi) is 5.67. The van der Waals surface area contributed by atoms with Crippen molar-refractivity contribution < 1.29 is 22.7 Å². The molecular formula is C19H22N2O5S. The minimum Gasteiger partial charge on any atom is -0.486 e. The number of hydrogen-bond donors (Lipinski definition) is 2. The van der Waals surface area contributed by atoms with E-state index in [1.807, 2.05) is 32.0 Å². The lowest BCUT2D eigenvalue weighted by atomic mass is 10.1. The molecule has 0 unspecified atom stereocenters. The lowest BCUT2D eigenvalue weighted by molar-refractivity contribution is -0.120. The van der Waals surface area contributed by atoms with Gasteiger partial charge in [-0.15, -0.1) is 0 Å². The van der Waals surface area contributed by atoms with Crippen molar-refractivity contribution in [2.75, 3.05) is 19.7 Å². The predicted molar refractivity (Wildman–Crippen MR) is 100 cm³/mol. The average Bonchev–Trinajstić information content (AvgIpc) is 2.66. The molecule has 0 aliphatic carbocycles. The van der Waals surface area contributed by atoms with Crippen molar-refractivity contribution in [2.24, 2.45) is 0 Å². The zero-order chi connectivity index (χ0) is 19.4. The standard InChI is InChI=1S/C19H22N2O5S/c1-13-7-8-16(9-14(13)2)27(23,24)21-11-19(22)20-10-15-12-25-17-5-3-4-6-18(17)26-15/h3-9,15,21H,10-12H2,1-2H3,(H,20,22)/t15-/m1/s1. The Bertz CT molecular complexity index is 943. The summed E-state index contributed by atoms with van der Waals surface area (Å²) >= 11 is 0. The van der Waals surface area contributed by atoms with Crippen LogP contribution in [0.2, 0.25) is 0 Å². The second-order valence-electron chi connectivity index (χ2n) is 6.37. The van der Waals surface area contributed by atoms with Crippen molar-refractivity contribution in [3.05, 3.63) is 53.6 Å². The van der Waals surface area contributed by atoms with Gasteiger partial charge in [-0.25, -0.2) is 13.1 Å². The quantitative estimate of drug-likeness (QED) is 0.780. The van der Waals surface area contributed by atoms with E-state index in [9.17, 15) is 13.2 Å². The van der Waals surface area contributed by atoms with Crippen LogP contribution in [0.3, 0.4) is 0 Å². The van der Waals surface area contributed by atoms with Crippen LogP contribution in [0.25, 0.3) is 0 Å². The van der Waals surface area contributed by atoms with Gasteiger partial charge >= 0.3 is 0 Å². The Balaban J connectivity index is 1.49. The highest BCUT2D eigenvalue weighted by molar-refractivity contribution is 7.89. The first-order chi connectivity index (χ1) is 12.8. The molecule has 1 atom stereocenters. The van der Waals surface area contributed by atoms with Gasteiger partial charge in [-0.2, -0.15) is 0 Å². The number of nitrogens with one attached hydrogen (secondary N) is 2. The summed E-state index contributed by atoms with van der Waals surface area (Å²) in [6.07, 6.45) is -0.333. The molecule has 0 aromatic heterocycles. The molecule has 27 heavy (non-hydrogen) atoms. The normalized spacial score (nSPS) is 16.0. The Morgan fingerprint density at radius 3 is 2.59 bits per heavy atom. The van der Waals surface area contributed by atoms with E-state index in [-0.39, 0.29) is 24.1 Å². The van der Waals surface area contributed by atoms with Crippen LogP contribution in [0, 0.1) is 13.8 Å². The first-order valence-electron chi connectivity index (χ1n) is 8.57. The van der Waals surface area contributed by atoms with E-state index in [0.717, 1.165) is 11.1 Å². The van der Waals surface area contributed by atoms with Gasteiger partial charge in [0.1, 0.15) is 12.7 Å². The van der Waals surface area contributed by atoms with E-state index in [4.69, 9.17) is 9.47 Å². The molecule has 0 spiro atoms. The van der Waals surface area contributed by atoms with Crippen LogP contribution in [-0.4, -0.2) is 40.1 Å². The number of rotatable bonds is 6. The van der Waals surface area contributed by atoms with Crippen LogP contribution in [0.15, 0.2) is 47.4 Å². The molecule has 2 aromatic rings. The van der Waals surface area contributed by atoms with Gasteiger partial charge in [0.2, 0.25) is 15.9 Å². The number of fused-ring (bicyclic) bond motifs is 1.